The van der Waals surface area contributed by atoms with Crippen LogP contribution in [-0.2, 0) is 6.42 Å². The fourth-order valence-electron chi connectivity index (χ4n) is 2.92. The van der Waals surface area contributed by atoms with E-state index in [4.69, 9.17) is 4.98 Å². The number of fused-ring (bicyclic) bond motifs is 2. The van der Waals surface area contributed by atoms with Crippen LogP contribution in [-0.4, -0.2) is 10.1 Å². The molecule has 1 unspecified atom stereocenters. The highest BCUT2D eigenvalue weighted by Crippen LogP contribution is 2.38. The van der Waals surface area contributed by atoms with Gasteiger partial charge < -0.3 is 5.11 Å². The Morgan fingerprint density at radius 2 is 1.95 bits per heavy atom. The molecule has 3 heteroatoms. The Labute approximate surface area is 121 Å². The van der Waals surface area contributed by atoms with Crippen LogP contribution in [0.2, 0.25) is 0 Å². The quantitative estimate of drug-likeness (QED) is 0.720. The number of rotatable bonds is 1. The van der Waals surface area contributed by atoms with Crippen molar-refractivity contribution in [3.8, 4) is 10.6 Å². The van der Waals surface area contributed by atoms with Crippen LogP contribution >= 0.6 is 11.3 Å². The molecule has 2 nitrogen and oxygen atoms in total. The summed E-state index contributed by atoms with van der Waals surface area (Å²) < 4.78 is 0. The molecule has 1 atom stereocenters. The summed E-state index contributed by atoms with van der Waals surface area (Å²) in [7, 11) is 0. The number of hydrogen-bond donors (Lipinski definition) is 1. The Bertz CT molecular complexity index is 772. The molecule has 1 aromatic heterocycles. The first kappa shape index (κ1) is 12.1. The van der Waals surface area contributed by atoms with Crippen molar-refractivity contribution in [1.82, 2.24) is 4.98 Å². The lowest BCUT2D eigenvalue weighted by Gasteiger charge is -2.14. The average molecular weight is 281 g/mol. The van der Waals surface area contributed by atoms with E-state index in [9.17, 15) is 5.11 Å². The van der Waals surface area contributed by atoms with Crippen LogP contribution in [0, 0.1) is 0 Å². The number of nitrogens with zero attached hydrogens (tertiary/aromatic N) is 1. The van der Waals surface area contributed by atoms with E-state index in [0.29, 0.717) is 0 Å². The van der Waals surface area contributed by atoms with Gasteiger partial charge in [0.25, 0.3) is 0 Å². The van der Waals surface area contributed by atoms with Gasteiger partial charge in [0.05, 0.1) is 11.8 Å². The largest absolute Gasteiger partial charge is 0.387 e. The van der Waals surface area contributed by atoms with Gasteiger partial charge in [0.2, 0.25) is 0 Å². The molecule has 100 valence electrons. The predicted octanol–water partition coefficient (Wildman–Crippen LogP) is 4.33. The van der Waals surface area contributed by atoms with E-state index in [2.05, 4.69) is 42.5 Å². The molecule has 0 radical (unpaired) electrons. The van der Waals surface area contributed by atoms with Crippen LogP contribution in [0.4, 0.5) is 0 Å². The highest BCUT2D eigenvalue weighted by molar-refractivity contribution is 7.15. The Morgan fingerprint density at radius 1 is 1.10 bits per heavy atom. The van der Waals surface area contributed by atoms with Gasteiger partial charge in [-0.1, -0.05) is 42.5 Å². The van der Waals surface area contributed by atoms with Gasteiger partial charge in [-0.2, -0.15) is 0 Å². The zero-order valence-electron chi connectivity index (χ0n) is 11.0. The van der Waals surface area contributed by atoms with Crippen LogP contribution in [0.5, 0.6) is 0 Å². The number of thiazole rings is 1. The van der Waals surface area contributed by atoms with Gasteiger partial charge in [-0.15, -0.1) is 11.3 Å². The SMILES string of the molecule is OC1CCCc2sc(-c3cccc4ccccc34)nc21. The minimum Gasteiger partial charge on any atom is -0.387 e. The fourth-order valence-corrected chi connectivity index (χ4v) is 4.12. The molecule has 0 saturated heterocycles. The zero-order valence-corrected chi connectivity index (χ0v) is 11.9. The normalized spacial score (nSPS) is 18.1. The Hall–Kier alpha value is -1.71. The van der Waals surface area contributed by atoms with Crippen molar-refractivity contribution in [1.29, 1.82) is 0 Å². The fraction of sp³-hybridized carbons (Fsp3) is 0.235. The molecule has 1 aliphatic rings. The Kier molecular flexibility index (Phi) is 2.83. The van der Waals surface area contributed by atoms with Gasteiger partial charge in [-0.25, -0.2) is 4.98 Å². The maximum Gasteiger partial charge on any atom is 0.124 e. The van der Waals surface area contributed by atoms with Crippen LogP contribution in [0.15, 0.2) is 42.5 Å². The van der Waals surface area contributed by atoms with Gasteiger partial charge >= 0.3 is 0 Å². The van der Waals surface area contributed by atoms with Gasteiger partial charge in [-0.3, -0.25) is 0 Å². The molecule has 0 saturated carbocycles. The Balaban J connectivity index is 1.92. The number of aromatic nitrogens is 1. The van der Waals surface area contributed by atoms with Gasteiger partial charge in [0.1, 0.15) is 5.01 Å². The van der Waals surface area contributed by atoms with E-state index in [1.807, 2.05) is 0 Å². The minimum absolute atomic E-state index is 0.376. The molecule has 0 fully saturated rings. The van der Waals surface area contributed by atoms with Crippen molar-refractivity contribution in [2.24, 2.45) is 0 Å². The van der Waals surface area contributed by atoms with Crippen LogP contribution in [0.3, 0.4) is 0 Å². The molecule has 0 bridgehead atoms. The van der Waals surface area contributed by atoms with Crippen LogP contribution in [0.1, 0.15) is 29.5 Å². The summed E-state index contributed by atoms with van der Waals surface area (Å²) in [5.41, 5.74) is 2.08. The van der Waals surface area contributed by atoms with Crippen molar-refractivity contribution in [2.75, 3.05) is 0 Å². The van der Waals surface area contributed by atoms with Crippen molar-refractivity contribution >= 4 is 22.1 Å². The molecular weight excluding hydrogens is 266 g/mol. The summed E-state index contributed by atoms with van der Waals surface area (Å²) in [4.78, 5) is 5.98. The van der Waals surface area contributed by atoms with Crippen molar-refractivity contribution in [3.05, 3.63) is 53.0 Å². The lowest BCUT2D eigenvalue weighted by Crippen LogP contribution is -2.07. The molecule has 0 aliphatic heterocycles. The van der Waals surface area contributed by atoms with Crippen molar-refractivity contribution in [3.63, 3.8) is 0 Å². The number of benzene rings is 2. The highest BCUT2D eigenvalue weighted by Gasteiger charge is 2.23. The predicted molar refractivity (Wildman–Crippen MR) is 83.0 cm³/mol. The van der Waals surface area contributed by atoms with Gasteiger partial charge in [-0.05, 0) is 30.0 Å². The topological polar surface area (TPSA) is 33.1 Å². The Morgan fingerprint density at radius 3 is 2.85 bits per heavy atom. The third-order valence-electron chi connectivity index (χ3n) is 3.94. The minimum atomic E-state index is -0.376. The maximum absolute atomic E-state index is 10.1. The second-order valence-electron chi connectivity index (χ2n) is 5.26. The smallest absolute Gasteiger partial charge is 0.124 e. The number of aliphatic hydroxyl groups is 1. The molecule has 1 aliphatic carbocycles. The van der Waals surface area contributed by atoms with E-state index in [1.54, 1.807) is 11.3 Å². The second kappa shape index (κ2) is 4.69. The molecule has 1 heterocycles. The van der Waals surface area contributed by atoms with E-state index in [0.717, 1.165) is 30.0 Å². The summed E-state index contributed by atoms with van der Waals surface area (Å²) in [6.07, 6.45) is 2.57. The van der Waals surface area contributed by atoms with Gasteiger partial charge in [0.15, 0.2) is 0 Å². The number of aryl methyl sites for hydroxylation is 1. The van der Waals surface area contributed by atoms with E-state index in [1.165, 1.54) is 21.2 Å². The molecule has 3 aromatic rings. The zero-order chi connectivity index (χ0) is 13.5. The summed E-state index contributed by atoms with van der Waals surface area (Å²) in [5.74, 6) is 0. The van der Waals surface area contributed by atoms with Crippen LogP contribution in [0.25, 0.3) is 21.3 Å². The standard InChI is InChI=1S/C17H15NOS/c19-14-9-4-10-15-16(14)18-17(20-15)13-8-3-6-11-5-1-2-7-12(11)13/h1-3,5-8,14,19H,4,9-10H2. The molecular formula is C17H15NOS. The third kappa shape index (κ3) is 1.86. The van der Waals surface area contributed by atoms with E-state index >= 15 is 0 Å². The second-order valence-corrected chi connectivity index (χ2v) is 6.35. The summed E-state index contributed by atoms with van der Waals surface area (Å²) >= 11 is 1.74. The summed E-state index contributed by atoms with van der Waals surface area (Å²) in [6.45, 7) is 0. The first-order valence-corrected chi connectivity index (χ1v) is 7.80. The molecule has 0 spiro atoms. The molecule has 20 heavy (non-hydrogen) atoms. The van der Waals surface area contributed by atoms with E-state index < -0.39 is 0 Å². The highest BCUT2D eigenvalue weighted by atomic mass is 32.1. The summed E-state index contributed by atoms with van der Waals surface area (Å²) in [6, 6.07) is 14.7. The number of aliphatic hydroxyl groups excluding tert-OH is 1. The first-order chi connectivity index (χ1) is 9.83. The summed E-state index contributed by atoms with van der Waals surface area (Å²) in [5, 5.41) is 13.6. The molecule has 4 rings (SSSR count). The lowest BCUT2D eigenvalue weighted by atomic mass is 10.0. The molecule has 0 amide bonds. The number of hydrogen-bond acceptors (Lipinski definition) is 3. The molecule has 1 N–H and O–H groups in total. The van der Waals surface area contributed by atoms with E-state index in [-0.39, 0.29) is 6.10 Å². The van der Waals surface area contributed by atoms with Gasteiger partial charge in [0, 0.05) is 10.4 Å². The monoisotopic (exact) mass is 281 g/mol. The van der Waals surface area contributed by atoms with Crippen molar-refractivity contribution < 1.29 is 5.11 Å². The molecule has 2 aromatic carbocycles. The maximum atomic E-state index is 10.1. The van der Waals surface area contributed by atoms with Crippen molar-refractivity contribution in [2.45, 2.75) is 25.4 Å². The van der Waals surface area contributed by atoms with Crippen LogP contribution < -0.4 is 0 Å². The lowest BCUT2D eigenvalue weighted by molar-refractivity contribution is 0.153. The first-order valence-electron chi connectivity index (χ1n) is 6.99. The third-order valence-corrected chi connectivity index (χ3v) is 5.11. The average Bonchev–Trinajstić information content (AvgIpc) is 2.92.